The molecule has 0 bridgehead atoms. The van der Waals surface area contributed by atoms with Crippen LogP contribution in [-0.2, 0) is 0 Å². The van der Waals surface area contributed by atoms with E-state index in [0.717, 1.165) is 17.6 Å². The number of amides is 2. The Kier molecular flexibility index (Phi) is 4.39. The van der Waals surface area contributed by atoms with Crippen LogP contribution in [0.3, 0.4) is 0 Å². The van der Waals surface area contributed by atoms with Gasteiger partial charge < -0.3 is 10.6 Å². The first kappa shape index (κ1) is 13.9. The Labute approximate surface area is 125 Å². The molecule has 1 fully saturated rings. The molecule has 3 heteroatoms. The lowest BCUT2D eigenvalue weighted by atomic mass is 9.89. The van der Waals surface area contributed by atoms with Crippen LogP contribution in [0.4, 0.5) is 10.5 Å². The van der Waals surface area contributed by atoms with Gasteiger partial charge in [-0.2, -0.15) is 0 Å². The van der Waals surface area contributed by atoms with Crippen molar-refractivity contribution >= 4 is 22.5 Å². The third kappa shape index (κ3) is 3.75. The number of carbonyl (C=O) groups is 1. The van der Waals surface area contributed by atoms with E-state index in [4.69, 9.17) is 0 Å². The zero-order valence-electron chi connectivity index (χ0n) is 12.3. The Hall–Kier alpha value is -2.03. The maximum absolute atomic E-state index is 12.0. The van der Waals surface area contributed by atoms with Gasteiger partial charge in [0.2, 0.25) is 0 Å². The van der Waals surface area contributed by atoms with Gasteiger partial charge in [0.1, 0.15) is 0 Å². The van der Waals surface area contributed by atoms with Gasteiger partial charge in [-0.15, -0.1) is 0 Å². The number of rotatable bonds is 3. The molecule has 0 aromatic heterocycles. The number of nitrogens with one attached hydrogen (secondary N) is 2. The molecule has 3 rings (SSSR count). The second-order valence-electron chi connectivity index (χ2n) is 5.90. The average Bonchev–Trinajstić information content (AvgIpc) is 2.54. The lowest BCUT2D eigenvalue weighted by Gasteiger charge is -2.21. The maximum Gasteiger partial charge on any atom is 0.319 e. The highest BCUT2D eigenvalue weighted by atomic mass is 16.2. The summed E-state index contributed by atoms with van der Waals surface area (Å²) in [5, 5.41) is 8.25. The molecule has 0 atom stereocenters. The Morgan fingerprint density at radius 1 is 1.00 bits per heavy atom. The lowest BCUT2D eigenvalue weighted by Crippen LogP contribution is -2.33. The van der Waals surface area contributed by atoms with Crippen LogP contribution in [0.5, 0.6) is 0 Å². The van der Waals surface area contributed by atoms with E-state index in [1.165, 1.54) is 37.5 Å². The normalized spacial score (nSPS) is 15.8. The zero-order valence-corrected chi connectivity index (χ0v) is 12.3. The van der Waals surface area contributed by atoms with Crippen molar-refractivity contribution in [3.05, 3.63) is 42.5 Å². The predicted molar refractivity (Wildman–Crippen MR) is 87.5 cm³/mol. The molecular weight excluding hydrogens is 260 g/mol. The Morgan fingerprint density at radius 2 is 1.76 bits per heavy atom. The van der Waals surface area contributed by atoms with E-state index in [0.29, 0.717) is 5.92 Å². The molecule has 110 valence electrons. The van der Waals surface area contributed by atoms with Crippen LogP contribution in [0.25, 0.3) is 10.8 Å². The van der Waals surface area contributed by atoms with Gasteiger partial charge in [-0.25, -0.2) is 4.79 Å². The van der Waals surface area contributed by atoms with Gasteiger partial charge in [-0.05, 0) is 41.7 Å². The lowest BCUT2D eigenvalue weighted by molar-refractivity contribution is 0.247. The number of anilines is 1. The Balaban J connectivity index is 1.55. The van der Waals surface area contributed by atoms with E-state index in [-0.39, 0.29) is 6.03 Å². The first-order valence-electron chi connectivity index (χ1n) is 7.85. The summed E-state index contributed by atoms with van der Waals surface area (Å²) >= 11 is 0. The van der Waals surface area contributed by atoms with Crippen molar-refractivity contribution < 1.29 is 4.79 Å². The molecule has 2 aromatic carbocycles. The SMILES string of the molecule is O=C(NCC1CCCCC1)Nc1ccc2ccccc2c1. The number of hydrogen-bond acceptors (Lipinski definition) is 1. The van der Waals surface area contributed by atoms with E-state index in [1.54, 1.807) is 0 Å². The van der Waals surface area contributed by atoms with Crippen LogP contribution in [0.15, 0.2) is 42.5 Å². The van der Waals surface area contributed by atoms with E-state index >= 15 is 0 Å². The van der Waals surface area contributed by atoms with Crippen molar-refractivity contribution in [1.29, 1.82) is 0 Å². The number of fused-ring (bicyclic) bond motifs is 1. The van der Waals surface area contributed by atoms with E-state index < -0.39 is 0 Å². The quantitative estimate of drug-likeness (QED) is 0.852. The first-order chi connectivity index (χ1) is 10.3. The summed E-state index contributed by atoms with van der Waals surface area (Å²) in [7, 11) is 0. The summed E-state index contributed by atoms with van der Waals surface area (Å²) in [5.74, 6) is 0.654. The summed E-state index contributed by atoms with van der Waals surface area (Å²) in [6.45, 7) is 0.791. The molecule has 2 aromatic rings. The van der Waals surface area contributed by atoms with Crippen molar-refractivity contribution in [2.24, 2.45) is 5.92 Å². The van der Waals surface area contributed by atoms with Gasteiger partial charge >= 0.3 is 6.03 Å². The summed E-state index contributed by atoms with van der Waals surface area (Å²) < 4.78 is 0. The van der Waals surface area contributed by atoms with Crippen molar-refractivity contribution in [2.75, 3.05) is 11.9 Å². The molecule has 1 aliphatic carbocycles. The molecule has 1 aliphatic rings. The molecule has 0 spiro atoms. The van der Waals surface area contributed by atoms with Crippen LogP contribution in [0.2, 0.25) is 0 Å². The Morgan fingerprint density at radius 3 is 2.57 bits per heavy atom. The molecule has 2 amide bonds. The molecule has 3 nitrogen and oxygen atoms in total. The molecule has 0 saturated heterocycles. The number of hydrogen-bond donors (Lipinski definition) is 2. The van der Waals surface area contributed by atoms with E-state index in [9.17, 15) is 4.79 Å². The van der Waals surface area contributed by atoms with Crippen LogP contribution in [0, 0.1) is 5.92 Å². The summed E-state index contributed by atoms with van der Waals surface area (Å²) in [6.07, 6.45) is 6.45. The van der Waals surface area contributed by atoms with Gasteiger partial charge in [0.15, 0.2) is 0 Å². The van der Waals surface area contributed by atoms with Gasteiger partial charge in [-0.1, -0.05) is 49.6 Å². The van der Waals surface area contributed by atoms with Gasteiger partial charge in [0.05, 0.1) is 0 Å². The highest BCUT2D eigenvalue weighted by Crippen LogP contribution is 2.23. The minimum absolute atomic E-state index is 0.101. The minimum Gasteiger partial charge on any atom is -0.338 e. The fourth-order valence-electron chi connectivity index (χ4n) is 3.07. The maximum atomic E-state index is 12.0. The first-order valence-corrected chi connectivity index (χ1v) is 7.85. The van der Waals surface area contributed by atoms with E-state index in [1.807, 2.05) is 30.3 Å². The summed E-state index contributed by atoms with van der Waals surface area (Å²) in [6, 6.07) is 14.0. The molecule has 1 saturated carbocycles. The number of urea groups is 1. The van der Waals surface area contributed by atoms with Crippen LogP contribution < -0.4 is 10.6 Å². The second kappa shape index (κ2) is 6.61. The largest absolute Gasteiger partial charge is 0.338 e. The molecule has 0 radical (unpaired) electrons. The minimum atomic E-state index is -0.101. The number of benzene rings is 2. The standard InChI is InChI=1S/C18H22N2O/c21-18(19-13-14-6-2-1-3-7-14)20-17-11-10-15-8-4-5-9-16(15)12-17/h4-5,8-12,14H,1-3,6-7,13H2,(H2,19,20,21). The topological polar surface area (TPSA) is 41.1 Å². The molecule has 0 aliphatic heterocycles. The van der Waals surface area contributed by atoms with Gasteiger partial charge in [0.25, 0.3) is 0 Å². The van der Waals surface area contributed by atoms with Crippen LogP contribution >= 0.6 is 0 Å². The highest BCUT2D eigenvalue weighted by molar-refractivity contribution is 5.93. The predicted octanol–water partition coefficient (Wildman–Crippen LogP) is 4.54. The highest BCUT2D eigenvalue weighted by Gasteiger charge is 2.14. The zero-order chi connectivity index (χ0) is 14.5. The van der Waals surface area contributed by atoms with Crippen molar-refractivity contribution in [3.63, 3.8) is 0 Å². The van der Waals surface area contributed by atoms with Crippen molar-refractivity contribution in [3.8, 4) is 0 Å². The van der Waals surface area contributed by atoms with Crippen molar-refractivity contribution in [2.45, 2.75) is 32.1 Å². The van der Waals surface area contributed by atoms with E-state index in [2.05, 4.69) is 22.8 Å². The third-order valence-electron chi connectivity index (χ3n) is 4.28. The monoisotopic (exact) mass is 282 g/mol. The fraction of sp³-hybridized carbons (Fsp3) is 0.389. The summed E-state index contributed by atoms with van der Waals surface area (Å²) in [4.78, 5) is 12.0. The van der Waals surface area contributed by atoms with Gasteiger partial charge in [-0.3, -0.25) is 0 Å². The van der Waals surface area contributed by atoms with Gasteiger partial charge in [0, 0.05) is 12.2 Å². The smallest absolute Gasteiger partial charge is 0.319 e. The van der Waals surface area contributed by atoms with Crippen molar-refractivity contribution in [1.82, 2.24) is 5.32 Å². The molecule has 21 heavy (non-hydrogen) atoms. The van der Waals surface area contributed by atoms with Crippen LogP contribution in [0.1, 0.15) is 32.1 Å². The molecule has 0 unspecified atom stereocenters. The second-order valence-corrected chi connectivity index (χ2v) is 5.90. The fourth-order valence-corrected chi connectivity index (χ4v) is 3.07. The summed E-state index contributed by atoms with van der Waals surface area (Å²) in [5.41, 5.74) is 0.842. The molecular formula is C18H22N2O. The molecule has 2 N–H and O–H groups in total. The number of carbonyl (C=O) groups excluding carboxylic acids is 1. The van der Waals surface area contributed by atoms with Crippen LogP contribution in [-0.4, -0.2) is 12.6 Å². The average molecular weight is 282 g/mol. The third-order valence-corrected chi connectivity index (χ3v) is 4.28. The Bertz CT molecular complexity index is 617. The molecule has 0 heterocycles.